The first-order chi connectivity index (χ1) is 7.00. The van der Waals surface area contributed by atoms with Crippen molar-refractivity contribution in [3.05, 3.63) is 0 Å². The highest BCUT2D eigenvalue weighted by molar-refractivity contribution is 4.80. The molecule has 0 bridgehead atoms. The fraction of sp³-hybridized carbons (Fsp3) is 1.00. The maximum absolute atomic E-state index is 13.9. The monoisotopic (exact) mass is 216 g/mol. The van der Waals surface area contributed by atoms with Crippen LogP contribution >= 0.6 is 0 Å². The van der Waals surface area contributed by atoms with Gasteiger partial charge in [-0.15, -0.1) is 0 Å². The Morgan fingerprint density at radius 1 is 1.27 bits per heavy atom. The first kappa shape index (κ1) is 12.9. The lowest BCUT2D eigenvalue weighted by molar-refractivity contribution is 0.0519. The van der Waals surface area contributed by atoms with Crippen LogP contribution in [-0.2, 0) is 0 Å². The van der Waals surface area contributed by atoms with E-state index in [1.807, 2.05) is 4.90 Å². The normalized spacial score (nSPS) is 29.8. The summed E-state index contributed by atoms with van der Waals surface area (Å²) in [6, 6.07) is 1.12. The number of rotatable bonds is 3. The smallest absolute Gasteiger partial charge is 0.155 e. The number of halogens is 1. The Labute approximate surface area is 93.2 Å². The zero-order valence-corrected chi connectivity index (χ0v) is 10.5. The molecule has 0 aromatic rings. The summed E-state index contributed by atoms with van der Waals surface area (Å²) in [5.41, 5.74) is 0. The predicted molar refractivity (Wildman–Crippen MR) is 62.6 cm³/mol. The average Bonchev–Trinajstić information content (AvgIpc) is 2.25. The molecule has 90 valence electrons. The van der Waals surface area contributed by atoms with Crippen LogP contribution in [0.3, 0.4) is 0 Å². The first-order valence-electron chi connectivity index (χ1n) is 6.16. The van der Waals surface area contributed by atoms with Gasteiger partial charge in [0.05, 0.1) is 0 Å². The molecule has 0 aromatic heterocycles. The zero-order chi connectivity index (χ0) is 11.4. The lowest BCUT2D eigenvalue weighted by Gasteiger charge is -2.28. The molecule has 0 saturated carbocycles. The van der Waals surface area contributed by atoms with Gasteiger partial charge in [0.15, 0.2) is 6.30 Å². The van der Waals surface area contributed by atoms with Gasteiger partial charge in [-0.05, 0) is 26.7 Å². The number of alkyl halides is 1. The lowest BCUT2D eigenvalue weighted by atomic mass is 10.1. The summed E-state index contributed by atoms with van der Waals surface area (Å²) in [6.45, 7) is 9.29. The van der Waals surface area contributed by atoms with Gasteiger partial charge in [0.25, 0.3) is 0 Å². The van der Waals surface area contributed by atoms with E-state index in [0.29, 0.717) is 24.5 Å². The van der Waals surface area contributed by atoms with Crippen molar-refractivity contribution >= 4 is 0 Å². The van der Waals surface area contributed by atoms with Gasteiger partial charge < -0.3 is 5.32 Å². The largest absolute Gasteiger partial charge is 0.312 e. The van der Waals surface area contributed by atoms with Crippen LogP contribution in [0.15, 0.2) is 0 Å². The van der Waals surface area contributed by atoms with Gasteiger partial charge >= 0.3 is 0 Å². The molecule has 0 aliphatic carbocycles. The summed E-state index contributed by atoms with van der Waals surface area (Å²) in [5.74, 6) is 0. The topological polar surface area (TPSA) is 15.3 Å². The fourth-order valence-corrected chi connectivity index (χ4v) is 2.35. The molecule has 1 heterocycles. The third-order valence-corrected chi connectivity index (χ3v) is 3.04. The third kappa shape index (κ3) is 4.07. The second-order valence-electron chi connectivity index (χ2n) is 5.16. The van der Waals surface area contributed by atoms with Crippen molar-refractivity contribution in [2.24, 2.45) is 0 Å². The lowest BCUT2D eigenvalue weighted by Crippen LogP contribution is -2.41. The van der Waals surface area contributed by atoms with Crippen LogP contribution in [0.5, 0.6) is 0 Å². The van der Waals surface area contributed by atoms with E-state index in [1.54, 1.807) is 0 Å². The van der Waals surface area contributed by atoms with Gasteiger partial charge in [0.2, 0.25) is 0 Å². The molecule has 1 aliphatic rings. The minimum Gasteiger partial charge on any atom is -0.312 e. The molecular formula is C12H25FN2. The van der Waals surface area contributed by atoms with Crippen LogP contribution in [0.4, 0.5) is 4.39 Å². The summed E-state index contributed by atoms with van der Waals surface area (Å²) < 4.78 is 13.9. The summed E-state index contributed by atoms with van der Waals surface area (Å²) >= 11 is 0. The van der Waals surface area contributed by atoms with Gasteiger partial charge in [0, 0.05) is 31.1 Å². The minimum atomic E-state index is -0.774. The van der Waals surface area contributed by atoms with Gasteiger partial charge in [-0.1, -0.05) is 13.8 Å². The van der Waals surface area contributed by atoms with Crippen LogP contribution in [0.25, 0.3) is 0 Å². The molecule has 3 heteroatoms. The van der Waals surface area contributed by atoms with Crippen molar-refractivity contribution in [1.29, 1.82) is 0 Å². The van der Waals surface area contributed by atoms with E-state index < -0.39 is 6.30 Å². The van der Waals surface area contributed by atoms with Crippen LogP contribution in [0.1, 0.15) is 47.0 Å². The summed E-state index contributed by atoms with van der Waals surface area (Å²) in [7, 11) is 0. The number of hydrogen-bond acceptors (Lipinski definition) is 2. The standard InChI is InChI=1S/C12H25FN2/c1-9(2)14-11-6-5-7-15(10(3)4)12(13)8-11/h9-12,14H,5-8H2,1-4H3. The Morgan fingerprint density at radius 2 is 1.93 bits per heavy atom. The number of likely N-dealkylation sites (tertiary alicyclic amines) is 1. The van der Waals surface area contributed by atoms with Gasteiger partial charge in [0.1, 0.15) is 0 Å². The Hall–Kier alpha value is -0.150. The van der Waals surface area contributed by atoms with Gasteiger partial charge in [-0.2, -0.15) is 0 Å². The molecule has 1 fully saturated rings. The van der Waals surface area contributed by atoms with Crippen molar-refractivity contribution < 1.29 is 4.39 Å². The molecule has 0 amide bonds. The van der Waals surface area contributed by atoms with Gasteiger partial charge in [-0.25, -0.2) is 4.39 Å². The highest BCUT2D eigenvalue weighted by Crippen LogP contribution is 2.20. The Morgan fingerprint density at radius 3 is 2.47 bits per heavy atom. The zero-order valence-electron chi connectivity index (χ0n) is 10.5. The Balaban J connectivity index is 2.49. The SMILES string of the molecule is CC(C)NC1CCCN(C(C)C)C(F)C1. The van der Waals surface area contributed by atoms with Crippen molar-refractivity contribution in [3.63, 3.8) is 0 Å². The Kier molecular flexibility index (Phi) is 5.00. The van der Waals surface area contributed by atoms with E-state index in [9.17, 15) is 4.39 Å². The van der Waals surface area contributed by atoms with Gasteiger partial charge in [-0.3, -0.25) is 4.90 Å². The predicted octanol–water partition coefficient (Wildman–Crippen LogP) is 2.54. The molecule has 2 unspecified atom stereocenters. The van der Waals surface area contributed by atoms with Crippen molar-refractivity contribution in [3.8, 4) is 0 Å². The van der Waals surface area contributed by atoms with E-state index in [1.165, 1.54) is 0 Å². The molecule has 0 radical (unpaired) electrons. The van der Waals surface area contributed by atoms with Crippen molar-refractivity contribution in [1.82, 2.24) is 10.2 Å². The molecule has 1 saturated heterocycles. The van der Waals surface area contributed by atoms with E-state index >= 15 is 0 Å². The van der Waals surface area contributed by atoms with E-state index in [2.05, 4.69) is 33.0 Å². The molecule has 1 N–H and O–H groups in total. The van der Waals surface area contributed by atoms with Crippen LogP contribution in [-0.4, -0.2) is 35.9 Å². The van der Waals surface area contributed by atoms with E-state index in [0.717, 1.165) is 19.4 Å². The molecule has 2 nitrogen and oxygen atoms in total. The molecular weight excluding hydrogens is 191 g/mol. The number of hydrogen-bond donors (Lipinski definition) is 1. The Bertz CT molecular complexity index is 182. The molecule has 1 rings (SSSR count). The fourth-order valence-electron chi connectivity index (χ4n) is 2.35. The quantitative estimate of drug-likeness (QED) is 0.729. The van der Waals surface area contributed by atoms with Crippen molar-refractivity contribution in [2.75, 3.05) is 6.54 Å². The van der Waals surface area contributed by atoms with Crippen LogP contribution in [0.2, 0.25) is 0 Å². The summed E-state index contributed by atoms with van der Waals surface area (Å²) in [6.07, 6.45) is 2.06. The van der Waals surface area contributed by atoms with E-state index in [4.69, 9.17) is 0 Å². The molecule has 15 heavy (non-hydrogen) atoms. The minimum absolute atomic E-state index is 0.317. The second-order valence-corrected chi connectivity index (χ2v) is 5.16. The van der Waals surface area contributed by atoms with Crippen LogP contribution in [0, 0.1) is 0 Å². The number of nitrogens with zero attached hydrogens (tertiary/aromatic N) is 1. The molecule has 0 aromatic carbocycles. The van der Waals surface area contributed by atoms with Crippen molar-refractivity contribution in [2.45, 2.75) is 71.4 Å². The number of nitrogens with one attached hydrogen (secondary N) is 1. The van der Waals surface area contributed by atoms with Crippen LogP contribution < -0.4 is 5.32 Å². The maximum atomic E-state index is 13.9. The maximum Gasteiger partial charge on any atom is 0.155 e. The third-order valence-electron chi connectivity index (χ3n) is 3.04. The average molecular weight is 216 g/mol. The summed E-state index contributed by atoms with van der Waals surface area (Å²) in [5, 5.41) is 3.44. The molecule has 2 atom stereocenters. The molecule has 1 aliphatic heterocycles. The summed E-state index contributed by atoms with van der Waals surface area (Å²) in [4.78, 5) is 1.97. The highest BCUT2D eigenvalue weighted by Gasteiger charge is 2.27. The first-order valence-corrected chi connectivity index (χ1v) is 6.16. The highest BCUT2D eigenvalue weighted by atomic mass is 19.1. The molecule has 0 spiro atoms. The van der Waals surface area contributed by atoms with E-state index in [-0.39, 0.29) is 0 Å². The second kappa shape index (κ2) is 5.80.